The highest BCUT2D eigenvalue weighted by atomic mass is 79.9. The van der Waals surface area contributed by atoms with Crippen molar-refractivity contribution in [1.82, 2.24) is 10.6 Å². The van der Waals surface area contributed by atoms with E-state index in [9.17, 15) is 9.59 Å². The molecule has 0 fully saturated rings. The molecule has 0 aliphatic rings. The van der Waals surface area contributed by atoms with Gasteiger partial charge in [-0.05, 0) is 31.0 Å². The number of carbonyl (C=O) groups excluding carboxylic acids is 2. The maximum atomic E-state index is 12.3. The van der Waals surface area contributed by atoms with Crippen molar-refractivity contribution in [3.63, 3.8) is 0 Å². The van der Waals surface area contributed by atoms with E-state index in [4.69, 9.17) is 0 Å². The van der Waals surface area contributed by atoms with Crippen molar-refractivity contribution >= 4 is 27.7 Å². The number of carbonyl (C=O) groups is 2. The minimum atomic E-state index is -0.559. The third-order valence-electron chi connectivity index (χ3n) is 3.42. The van der Waals surface area contributed by atoms with Crippen LogP contribution in [0.5, 0.6) is 0 Å². The minimum absolute atomic E-state index is 0.0606. The van der Waals surface area contributed by atoms with E-state index < -0.39 is 11.5 Å². The van der Waals surface area contributed by atoms with Gasteiger partial charge in [-0.15, -0.1) is 0 Å². The maximum Gasteiger partial charge on any atom is 0.242 e. The molecule has 1 aromatic carbocycles. The lowest BCUT2D eigenvalue weighted by Crippen LogP contribution is -2.48. The van der Waals surface area contributed by atoms with Crippen LogP contribution in [0.1, 0.15) is 52.6 Å². The van der Waals surface area contributed by atoms with Crippen LogP contribution in [0.3, 0.4) is 0 Å². The van der Waals surface area contributed by atoms with Gasteiger partial charge in [0.2, 0.25) is 11.8 Å². The Morgan fingerprint density at radius 2 is 1.68 bits per heavy atom. The quantitative estimate of drug-likeness (QED) is 0.834. The first-order chi connectivity index (χ1) is 10.1. The fraction of sp³-hybridized carbons (Fsp3) is 0.529. The van der Waals surface area contributed by atoms with Crippen molar-refractivity contribution < 1.29 is 9.59 Å². The fourth-order valence-electron chi connectivity index (χ4n) is 1.89. The summed E-state index contributed by atoms with van der Waals surface area (Å²) in [5.41, 5.74) is 0.540. The first kappa shape index (κ1) is 18.7. The monoisotopic (exact) mass is 368 g/mol. The molecule has 122 valence electrons. The smallest absolute Gasteiger partial charge is 0.242 e. The van der Waals surface area contributed by atoms with E-state index in [1.54, 1.807) is 6.92 Å². The largest absolute Gasteiger partial charge is 0.348 e. The van der Waals surface area contributed by atoms with Gasteiger partial charge in [0.25, 0.3) is 0 Å². The Kier molecular flexibility index (Phi) is 6.60. The summed E-state index contributed by atoms with van der Waals surface area (Å²) in [6.07, 6.45) is 0.785. The van der Waals surface area contributed by atoms with Crippen molar-refractivity contribution in [2.45, 2.75) is 53.1 Å². The summed E-state index contributed by atoms with van der Waals surface area (Å²) in [5.74, 6) is -0.306. The zero-order valence-electron chi connectivity index (χ0n) is 13.9. The Morgan fingerprint density at radius 3 is 2.14 bits per heavy atom. The summed E-state index contributed by atoms with van der Waals surface area (Å²) >= 11 is 3.40. The van der Waals surface area contributed by atoms with Crippen LogP contribution in [0.2, 0.25) is 0 Å². The van der Waals surface area contributed by atoms with Crippen LogP contribution in [0, 0.1) is 5.41 Å². The van der Waals surface area contributed by atoms with Crippen LogP contribution >= 0.6 is 15.9 Å². The summed E-state index contributed by atoms with van der Waals surface area (Å²) in [4.78, 5) is 24.2. The fourth-order valence-corrected chi connectivity index (χ4v) is 2.16. The van der Waals surface area contributed by atoms with E-state index >= 15 is 0 Å². The molecule has 1 rings (SSSR count). The molecule has 0 saturated heterocycles. The second-order valence-corrected chi connectivity index (χ2v) is 7.38. The average molecular weight is 369 g/mol. The highest BCUT2D eigenvalue weighted by Gasteiger charge is 2.26. The van der Waals surface area contributed by atoms with Gasteiger partial charge in [0.15, 0.2) is 0 Å². The predicted octanol–water partition coefficient (Wildman–Crippen LogP) is 3.57. The van der Waals surface area contributed by atoms with E-state index in [-0.39, 0.29) is 17.9 Å². The van der Waals surface area contributed by atoms with Gasteiger partial charge in [-0.25, -0.2) is 0 Å². The first-order valence-corrected chi connectivity index (χ1v) is 8.31. The van der Waals surface area contributed by atoms with Crippen molar-refractivity contribution in [2.24, 2.45) is 5.41 Å². The van der Waals surface area contributed by atoms with Crippen LogP contribution in [0.4, 0.5) is 0 Å². The summed E-state index contributed by atoms with van der Waals surface area (Å²) < 4.78 is 1.00. The van der Waals surface area contributed by atoms with Crippen molar-refractivity contribution in [1.29, 1.82) is 0 Å². The standard InChI is InChI=1S/C17H25BrN2O2/c1-6-14(12-7-9-13(18)10-8-12)20-15(21)11(2)19-16(22)17(3,4)5/h7-11,14H,6H2,1-5H3,(H,19,22)(H,20,21). The second-order valence-electron chi connectivity index (χ2n) is 6.47. The zero-order valence-corrected chi connectivity index (χ0v) is 15.5. The number of halogens is 1. The Morgan fingerprint density at radius 1 is 1.14 bits per heavy atom. The lowest BCUT2D eigenvalue weighted by atomic mass is 9.95. The van der Waals surface area contributed by atoms with E-state index in [1.807, 2.05) is 52.0 Å². The van der Waals surface area contributed by atoms with Gasteiger partial charge >= 0.3 is 0 Å². The van der Waals surface area contributed by atoms with Gasteiger partial charge in [-0.1, -0.05) is 55.8 Å². The molecule has 1 aromatic rings. The molecule has 0 radical (unpaired) electrons. The van der Waals surface area contributed by atoms with Gasteiger partial charge < -0.3 is 10.6 Å². The van der Waals surface area contributed by atoms with E-state index in [2.05, 4.69) is 26.6 Å². The number of hydrogen-bond donors (Lipinski definition) is 2. The van der Waals surface area contributed by atoms with Gasteiger partial charge in [0.1, 0.15) is 6.04 Å². The number of nitrogens with one attached hydrogen (secondary N) is 2. The molecule has 0 saturated carbocycles. The lowest BCUT2D eigenvalue weighted by molar-refractivity contribution is -0.133. The van der Waals surface area contributed by atoms with Crippen LogP contribution in [0.25, 0.3) is 0 Å². The molecule has 2 amide bonds. The lowest BCUT2D eigenvalue weighted by Gasteiger charge is -2.24. The number of amides is 2. The van der Waals surface area contributed by atoms with Gasteiger partial charge in [0.05, 0.1) is 6.04 Å². The average Bonchev–Trinajstić information content (AvgIpc) is 2.44. The Hall–Kier alpha value is -1.36. The van der Waals surface area contributed by atoms with Gasteiger partial charge in [0, 0.05) is 9.89 Å². The number of rotatable bonds is 5. The van der Waals surface area contributed by atoms with Gasteiger partial charge in [-0.3, -0.25) is 9.59 Å². The Bertz CT molecular complexity index is 520. The van der Waals surface area contributed by atoms with Crippen LogP contribution in [-0.4, -0.2) is 17.9 Å². The Balaban J connectivity index is 2.68. The van der Waals surface area contributed by atoms with Crippen LogP contribution < -0.4 is 10.6 Å². The van der Waals surface area contributed by atoms with E-state index in [0.717, 1.165) is 16.5 Å². The minimum Gasteiger partial charge on any atom is -0.348 e. The molecule has 0 heterocycles. The molecular weight excluding hydrogens is 344 g/mol. The molecule has 0 spiro atoms. The molecule has 2 atom stereocenters. The van der Waals surface area contributed by atoms with Crippen molar-refractivity contribution in [3.05, 3.63) is 34.3 Å². The summed E-state index contributed by atoms with van der Waals surface area (Å²) in [5, 5.41) is 5.74. The predicted molar refractivity (Wildman–Crippen MR) is 92.4 cm³/mol. The molecule has 0 aromatic heterocycles. The number of benzene rings is 1. The van der Waals surface area contributed by atoms with Crippen LogP contribution in [-0.2, 0) is 9.59 Å². The highest BCUT2D eigenvalue weighted by molar-refractivity contribution is 9.10. The number of hydrogen-bond acceptors (Lipinski definition) is 2. The SMILES string of the molecule is CCC(NC(=O)C(C)NC(=O)C(C)(C)C)c1ccc(Br)cc1. The van der Waals surface area contributed by atoms with E-state index in [1.165, 1.54) is 0 Å². The molecule has 5 heteroatoms. The second kappa shape index (κ2) is 7.77. The zero-order chi connectivity index (χ0) is 16.9. The van der Waals surface area contributed by atoms with Crippen molar-refractivity contribution in [2.75, 3.05) is 0 Å². The molecule has 2 N–H and O–H groups in total. The highest BCUT2D eigenvalue weighted by Crippen LogP contribution is 2.19. The Labute approximate surface area is 141 Å². The molecule has 0 aliphatic carbocycles. The summed E-state index contributed by atoms with van der Waals surface area (Å²) in [6.45, 7) is 9.19. The first-order valence-electron chi connectivity index (χ1n) is 7.52. The molecule has 22 heavy (non-hydrogen) atoms. The third-order valence-corrected chi connectivity index (χ3v) is 3.95. The molecule has 0 aliphatic heterocycles. The molecular formula is C17H25BrN2O2. The van der Waals surface area contributed by atoms with E-state index in [0.29, 0.717) is 0 Å². The summed E-state index contributed by atoms with van der Waals surface area (Å²) in [6, 6.07) is 7.25. The topological polar surface area (TPSA) is 58.2 Å². The maximum absolute atomic E-state index is 12.3. The van der Waals surface area contributed by atoms with Crippen molar-refractivity contribution in [3.8, 4) is 0 Å². The normalized spacial score (nSPS) is 14.1. The van der Waals surface area contributed by atoms with Gasteiger partial charge in [-0.2, -0.15) is 0 Å². The summed E-state index contributed by atoms with van der Waals surface area (Å²) in [7, 11) is 0. The molecule has 2 unspecified atom stereocenters. The molecule has 4 nitrogen and oxygen atoms in total. The third kappa shape index (κ3) is 5.44. The van der Waals surface area contributed by atoms with Crippen LogP contribution in [0.15, 0.2) is 28.7 Å². The molecule has 0 bridgehead atoms.